The van der Waals surface area contributed by atoms with Crippen LogP contribution >= 0.6 is 11.3 Å². The van der Waals surface area contributed by atoms with E-state index >= 15 is 0 Å². The van der Waals surface area contributed by atoms with E-state index in [0.717, 1.165) is 52.4 Å². The number of thiazole rings is 1. The van der Waals surface area contributed by atoms with Gasteiger partial charge in [-0.25, -0.2) is 4.98 Å². The molecular weight excluding hydrogens is 304 g/mol. The number of para-hydroxylation sites is 1. The highest BCUT2D eigenvalue weighted by molar-refractivity contribution is 7.22. The largest absolute Gasteiger partial charge is 0.301 e. The van der Waals surface area contributed by atoms with E-state index in [1.165, 1.54) is 25.7 Å². The molecule has 0 radical (unpaired) electrons. The Bertz CT molecular complexity index is 719. The number of hydrogen-bond donors (Lipinski definition) is 1. The maximum Gasteiger partial charge on any atom is 0.232 e. The summed E-state index contributed by atoms with van der Waals surface area (Å²) in [6.45, 7) is 0. The fourth-order valence-corrected chi connectivity index (χ4v) is 6.49. The lowest BCUT2D eigenvalue weighted by molar-refractivity contribution is -0.132. The zero-order valence-corrected chi connectivity index (χ0v) is 14.1. The van der Waals surface area contributed by atoms with Gasteiger partial charge in [-0.1, -0.05) is 36.3 Å². The number of nitrogens with one attached hydrogen (secondary N) is 1. The molecule has 0 saturated heterocycles. The van der Waals surface area contributed by atoms with Crippen LogP contribution in [0.3, 0.4) is 0 Å². The van der Waals surface area contributed by atoms with Gasteiger partial charge in [0.2, 0.25) is 5.91 Å². The Morgan fingerprint density at radius 2 is 1.78 bits per heavy atom. The maximum absolute atomic E-state index is 13.2. The van der Waals surface area contributed by atoms with E-state index in [-0.39, 0.29) is 11.3 Å². The second kappa shape index (κ2) is 5.04. The molecule has 2 aromatic rings. The predicted molar refractivity (Wildman–Crippen MR) is 93.5 cm³/mol. The minimum atomic E-state index is -0.106. The fraction of sp³-hybridized carbons (Fsp3) is 0.579. The molecular formula is C19H22N2OS. The molecule has 23 heavy (non-hydrogen) atoms. The highest BCUT2D eigenvalue weighted by atomic mass is 32.1. The van der Waals surface area contributed by atoms with Gasteiger partial charge < -0.3 is 5.32 Å². The molecule has 4 bridgehead atoms. The number of nitrogens with zero attached hydrogens (tertiary/aromatic N) is 1. The van der Waals surface area contributed by atoms with Crippen molar-refractivity contribution in [1.29, 1.82) is 0 Å². The topological polar surface area (TPSA) is 42.0 Å². The number of aromatic nitrogens is 1. The van der Waals surface area contributed by atoms with Crippen LogP contribution in [0, 0.1) is 23.2 Å². The summed E-state index contributed by atoms with van der Waals surface area (Å²) in [6, 6.07) is 8.10. The smallest absolute Gasteiger partial charge is 0.232 e. The SMILES string of the molecule is O=C(Nc1nc2ccccc2s1)C12CC3C[C@@H](CC[C@@H](C3)C1)C2. The third-order valence-electron chi connectivity index (χ3n) is 6.35. The summed E-state index contributed by atoms with van der Waals surface area (Å²) >= 11 is 1.59. The van der Waals surface area contributed by atoms with Crippen molar-refractivity contribution >= 4 is 32.6 Å². The average Bonchev–Trinajstić information content (AvgIpc) is 2.82. The van der Waals surface area contributed by atoms with Gasteiger partial charge in [-0.2, -0.15) is 0 Å². The molecule has 4 heteroatoms. The standard InChI is InChI=1S/C19H22N2OS/c22-17(21-18-20-15-3-1-2-4-16(15)23-18)19-9-12-5-6-13(10-19)8-14(7-12)11-19/h1-4,12-14H,5-11H2,(H,20,21,22)/t12-,13+,14?,19?. The van der Waals surface area contributed by atoms with Crippen molar-refractivity contribution in [3.8, 4) is 0 Å². The van der Waals surface area contributed by atoms with Crippen LogP contribution in [0.25, 0.3) is 10.2 Å². The van der Waals surface area contributed by atoms with Gasteiger partial charge in [0, 0.05) is 0 Å². The molecule has 1 aromatic heterocycles. The van der Waals surface area contributed by atoms with Crippen molar-refractivity contribution in [2.24, 2.45) is 23.2 Å². The van der Waals surface area contributed by atoms with Crippen molar-refractivity contribution in [2.45, 2.75) is 44.9 Å². The average molecular weight is 326 g/mol. The summed E-state index contributed by atoms with van der Waals surface area (Å²) in [5.74, 6) is 2.60. The summed E-state index contributed by atoms with van der Waals surface area (Å²) in [5, 5.41) is 3.95. The predicted octanol–water partition coefficient (Wildman–Crippen LogP) is 4.84. The number of carbonyl (C=O) groups excluding carboxylic acids is 1. The second-order valence-corrected chi connectivity index (χ2v) is 9.01. The van der Waals surface area contributed by atoms with Gasteiger partial charge in [0.25, 0.3) is 0 Å². The van der Waals surface area contributed by atoms with Crippen LogP contribution in [0.4, 0.5) is 5.13 Å². The highest BCUT2D eigenvalue weighted by Crippen LogP contribution is 2.58. The first-order chi connectivity index (χ1) is 11.2. The molecule has 1 aromatic carbocycles. The van der Waals surface area contributed by atoms with E-state index in [2.05, 4.69) is 16.4 Å². The van der Waals surface area contributed by atoms with E-state index in [9.17, 15) is 4.79 Å². The Morgan fingerprint density at radius 3 is 2.52 bits per heavy atom. The highest BCUT2D eigenvalue weighted by Gasteiger charge is 2.52. The molecule has 4 saturated carbocycles. The summed E-state index contributed by atoms with van der Waals surface area (Å²) < 4.78 is 1.14. The van der Waals surface area contributed by atoms with Crippen LogP contribution in [0.5, 0.6) is 0 Å². The molecule has 0 spiro atoms. The number of amides is 1. The van der Waals surface area contributed by atoms with Gasteiger partial charge in [-0.05, 0) is 62.0 Å². The second-order valence-electron chi connectivity index (χ2n) is 7.98. The third kappa shape index (κ3) is 2.30. The molecule has 4 fully saturated rings. The molecule has 0 aliphatic heterocycles. The summed E-state index contributed by atoms with van der Waals surface area (Å²) in [7, 11) is 0. The van der Waals surface area contributed by atoms with Crippen LogP contribution in [-0.2, 0) is 4.79 Å². The van der Waals surface area contributed by atoms with Crippen LogP contribution < -0.4 is 5.32 Å². The molecule has 2 unspecified atom stereocenters. The number of rotatable bonds is 2. The van der Waals surface area contributed by atoms with Crippen LogP contribution in [0.15, 0.2) is 24.3 Å². The lowest BCUT2D eigenvalue weighted by Gasteiger charge is -2.46. The zero-order valence-electron chi connectivity index (χ0n) is 13.3. The lowest BCUT2D eigenvalue weighted by Crippen LogP contribution is -2.45. The van der Waals surface area contributed by atoms with Gasteiger partial charge in [0.1, 0.15) is 0 Å². The van der Waals surface area contributed by atoms with E-state index in [1.807, 2.05) is 18.2 Å². The van der Waals surface area contributed by atoms with E-state index in [4.69, 9.17) is 0 Å². The summed E-state index contributed by atoms with van der Waals surface area (Å²) in [4.78, 5) is 17.7. The van der Waals surface area contributed by atoms with Gasteiger partial charge in [-0.3, -0.25) is 4.79 Å². The first-order valence-electron chi connectivity index (χ1n) is 8.87. The monoisotopic (exact) mass is 326 g/mol. The molecule has 6 rings (SSSR count). The van der Waals surface area contributed by atoms with E-state index in [0.29, 0.717) is 0 Å². The van der Waals surface area contributed by atoms with E-state index < -0.39 is 0 Å². The molecule has 1 N–H and O–H groups in total. The van der Waals surface area contributed by atoms with Crippen molar-refractivity contribution < 1.29 is 4.79 Å². The van der Waals surface area contributed by atoms with Gasteiger partial charge in [0.15, 0.2) is 5.13 Å². The minimum Gasteiger partial charge on any atom is -0.301 e. The van der Waals surface area contributed by atoms with Crippen molar-refractivity contribution in [3.05, 3.63) is 24.3 Å². The molecule has 120 valence electrons. The Balaban J connectivity index is 1.43. The molecule has 1 amide bonds. The molecule has 3 nitrogen and oxygen atoms in total. The summed E-state index contributed by atoms with van der Waals surface area (Å²) in [5.41, 5.74) is 0.876. The number of fused-ring (bicyclic) bond motifs is 2. The Kier molecular flexibility index (Phi) is 3.06. The Morgan fingerprint density at radius 1 is 1.09 bits per heavy atom. The lowest BCUT2D eigenvalue weighted by atomic mass is 9.58. The van der Waals surface area contributed by atoms with Gasteiger partial charge >= 0.3 is 0 Å². The molecule has 4 aliphatic rings. The number of hydrogen-bond acceptors (Lipinski definition) is 3. The normalized spacial score (nSPS) is 35.4. The van der Waals surface area contributed by atoms with Gasteiger partial charge in [0.05, 0.1) is 15.6 Å². The first-order valence-corrected chi connectivity index (χ1v) is 9.69. The zero-order chi connectivity index (χ0) is 15.4. The molecule has 4 aliphatic carbocycles. The number of benzene rings is 1. The Labute approximate surface area is 140 Å². The van der Waals surface area contributed by atoms with Crippen molar-refractivity contribution in [3.63, 3.8) is 0 Å². The van der Waals surface area contributed by atoms with E-state index in [1.54, 1.807) is 11.3 Å². The quantitative estimate of drug-likeness (QED) is 0.858. The van der Waals surface area contributed by atoms with Crippen LogP contribution in [-0.4, -0.2) is 10.9 Å². The third-order valence-corrected chi connectivity index (χ3v) is 7.30. The first kappa shape index (κ1) is 14.0. The van der Waals surface area contributed by atoms with Crippen LogP contribution in [0.2, 0.25) is 0 Å². The van der Waals surface area contributed by atoms with Crippen molar-refractivity contribution in [2.75, 3.05) is 5.32 Å². The number of anilines is 1. The van der Waals surface area contributed by atoms with Crippen LogP contribution in [0.1, 0.15) is 44.9 Å². The maximum atomic E-state index is 13.2. The Hall–Kier alpha value is -1.42. The number of carbonyl (C=O) groups is 1. The minimum absolute atomic E-state index is 0.106. The molecule has 1 heterocycles. The fourth-order valence-electron chi connectivity index (χ4n) is 5.62. The van der Waals surface area contributed by atoms with Crippen molar-refractivity contribution in [1.82, 2.24) is 4.98 Å². The molecule has 4 atom stereocenters. The summed E-state index contributed by atoms with van der Waals surface area (Å²) in [6.07, 6.45) is 8.75. The van der Waals surface area contributed by atoms with Gasteiger partial charge in [-0.15, -0.1) is 0 Å².